The third kappa shape index (κ3) is 25.2. The zero-order chi connectivity index (χ0) is 60.7. The van der Waals surface area contributed by atoms with E-state index in [4.69, 9.17) is 0 Å². The van der Waals surface area contributed by atoms with E-state index < -0.39 is 88.2 Å². The van der Waals surface area contributed by atoms with Crippen molar-refractivity contribution < 1.29 is 47.9 Å². The van der Waals surface area contributed by atoms with Gasteiger partial charge in [-0.15, -0.1) is 0 Å². The van der Waals surface area contributed by atoms with Crippen molar-refractivity contribution >= 4 is 59.1 Å². The lowest BCUT2D eigenvalue weighted by molar-refractivity contribution is -0.140. The topological polar surface area (TPSA) is 285 Å². The van der Waals surface area contributed by atoms with Crippen molar-refractivity contribution in [3.63, 3.8) is 0 Å². The second-order valence-corrected chi connectivity index (χ2v) is 25.9. The standard InChI is InChI=1S/C59H107N11O10/c1-17-18-20-27-48(72)70-32-23-26-46(70)53(77)62-42(29-28-41-24-21-19-22-25-41)49(73)63-44(34-38(4)5)51(75)66-58(11,12)55(79)65-43(33-37(2)3)50(74)64-45(35-39(6)7)52(76)67-59(13,14)56(80)68-57(9,10)54(78)60-31-30-47(71)61-40(8)36-69(15)16/h37-46H,17-36H2,1-16H3,(H,60,78)(H,61,71)(H,62,77)(H,63,73)(H,64,74)(H,65,79)(H,66,75)(H,67,76)(H,68,80)/t40?,42?,43?,44?,45?,46-/m0/s1. The molecule has 0 spiro atoms. The van der Waals surface area contributed by atoms with E-state index in [0.717, 1.165) is 44.9 Å². The van der Waals surface area contributed by atoms with Crippen LogP contribution in [0.4, 0.5) is 0 Å². The SMILES string of the molecule is CCCCCC(=O)N1CCC[C@H]1C(=O)NC(CCC1CCCCC1)C(=O)NC(CC(C)C)C(=O)NC(C)(C)C(=O)NC(CC(C)C)C(=O)NC(CC(C)C)C(=O)NC(C)(C)C(=O)NC(C)(C)C(=O)NCCC(=O)NC(C)CN(C)C. The fraction of sp³-hybridized carbons (Fsp3) is 0.831. The molecule has 1 heterocycles. The van der Waals surface area contributed by atoms with Crippen molar-refractivity contribution in [3.05, 3.63) is 0 Å². The van der Waals surface area contributed by atoms with Crippen LogP contribution < -0.4 is 47.9 Å². The van der Waals surface area contributed by atoms with Crippen molar-refractivity contribution in [2.24, 2.45) is 23.7 Å². The van der Waals surface area contributed by atoms with E-state index in [9.17, 15) is 47.9 Å². The summed E-state index contributed by atoms with van der Waals surface area (Å²) in [6.45, 7) is 25.3. The van der Waals surface area contributed by atoms with Crippen LogP contribution in [0.25, 0.3) is 0 Å². The van der Waals surface area contributed by atoms with Gasteiger partial charge in [-0.05, 0) is 138 Å². The number of rotatable bonds is 34. The van der Waals surface area contributed by atoms with Crippen LogP contribution in [0.5, 0.6) is 0 Å². The Labute approximate surface area is 479 Å². The van der Waals surface area contributed by atoms with Gasteiger partial charge in [0, 0.05) is 38.5 Å². The molecule has 2 aliphatic rings. The molecule has 21 heteroatoms. The Morgan fingerprint density at radius 1 is 0.537 bits per heavy atom. The first-order valence-corrected chi connectivity index (χ1v) is 29.9. The molecule has 0 aromatic carbocycles. The van der Waals surface area contributed by atoms with Gasteiger partial charge in [0.1, 0.15) is 46.8 Å². The Bertz CT molecular complexity index is 2070. The number of likely N-dealkylation sites (tertiary alicyclic amines) is 1. The monoisotopic (exact) mass is 1130 g/mol. The molecule has 0 bridgehead atoms. The first-order chi connectivity index (χ1) is 37.2. The Hall–Kier alpha value is -5.34. The van der Waals surface area contributed by atoms with E-state index in [1.165, 1.54) is 48.0 Å². The highest BCUT2D eigenvalue weighted by molar-refractivity contribution is 6.00. The summed E-state index contributed by atoms with van der Waals surface area (Å²) in [5, 5.41) is 25.3. The van der Waals surface area contributed by atoms with Crippen LogP contribution in [0.15, 0.2) is 0 Å². The van der Waals surface area contributed by atoms with Crippen LogP contribution in [0.2, 0.25) is 0 Å². The molecule has 0 radical (unpaired) electrons. The average Bonchev–Trinajstić information content (AvgIpc) is 3.84. The number of unbranched alkanes of at least 4 members (excludes halogenated alkanes) is 2. The summed E-state index contributed by atoms with van der Waals surface area (Å²) < 4.78 is 0. The van der Waals surface area contributed by atoms with Crippen molar-refractivity contribution in [3.8, 4) is 0 Å². The quantitative estimate of drug-likeness (QED) is 0.0411. The number of carbonyl (C=O) groups is 10. The summed E-state index contributed by atoms with van der Waals surface area (Å²) in [5.41, 5.74) is -4.64. The van der Waals surface area contributed by atoms with E-state index in [2.05, 4.69) is 54.8 Å². The normalized spacial score (nSPS) is 17.2. The first kappa shape index (κ1) is 70.8. The lowest BCUT2D eigenvalue weighted by Gasteiger charge is -2.34. The van der Waals surface area contributed by atoms with Gasteiger partial charge in [0.2, 0.25) is 59.1 Å². The maximum Gasteiger partial charge on any atom is 0.246 e. The molecule has 80 heavy (non-hydrogen) atoms. The van der Waals surface area contributed by atoms with Gasteiger partial charge in [-0.3, -0.25) is 47.9 Å². The molecule has 21 nitrogen and oxygen atoms in total. The van der Waals surface area contributed by atoms with Gasteiger partial charge in [0.05, 0.1) is 0 Å². The molecule has 1 aliphatic heterocycles. The van der Waals surface area contributed by atoms with Crippen LogP contribution in [0, 0.1) is 23.7 Å². The zero-order valence-corrected chi connectivity index (χ0v) is 51.9. The fourth-order valence-electron chi connectivity index (χ4n) is 10.3. The summed E-state index contributed by atoms with van der Waals surface area (Å²) in [5.74, 6) is -4.99. The highest BCUT2D eigenvalue weighted by Crippen LogP contribution is 2.28. The van der Waals surface area contributed by atoms with Gasteiger partial charge in [-0.1, -0.05) is 93.4 Å². The summed E-state index contributed by atoms with van der Waals surface area (Å²) in [6, 6.07) is -5.15. The molecule has 0 aromatic heterocycles. The Morgan fingerprint density at radius 3 is 1.55 bits per heavy atom. The Kier molecular flexibility index (Phi) is 29.7. The number of amides is 10. The second kappa shape index (κ2) is 33.6. The van der Waals surface area contributed by atoms with Gasteiger partial charge in [0.15, 0.2) is 0 Å². The highest BCUT2D eigenvalue weighted by Gasteiger charge is 2.41. The van der Waals surface area contributed by atoms with E-state index in [-0.39, 0.29) is 73.7 Å². The zero-order valence-electron chi connectivity index (χ0n) is 51.9. The van der Waals surface area contributed by atoms with Gasteiger partial charge in [0.25, 0.3) is 0 Å². The van der Waals surface area contributed by atoms with Crippen LogP contribution >= 0.6 is 0 Å². The molecular weight excluding hydrogens is 1020 g/mol. The number of nitrogens with zero attached hydrogens (tertiary/aromatic N) is 2. The molecule has 9 N–H and O–H groups in total. The number of carbonyl (C=O) groups excluding carboxylic acids is 10. The van der Waals surface area contributed by atoms with Crippen molar-refractivity contribution in [1.29, 1.82) is 0 Å². The lowest BCUT2D eigenvalue weighted by atomic mass is 9.85. The lowest BCUT2D eigenvalue weighted by Crippen LogP contribution is -2.65. The molecule has 2 rings (SSSR count). The van der Waals surface area contributed by atoms with Crippen LogP contribution in [-0.2, 0) is 47.9 Å². The smallest absolute Gasteiger partial charge is 0.246 e. The summed E-state index contributed by atoms with van der Waals surface area (Å²) in [6.07, 6.45) is 11.3. The number of nitrogens with one attached hydrogen (secondary N) is 9. The summed E-state index contributed by atoms with van der Waals surface area (Å²) in [7, 11) is 3.80. The van der Waals surface area contributed by atoms with E-state index in [1.54, 1.807) is 4.90 Å². The maximum absolute atomic E-state index is 14.4. The predicted molar refractivity (Wildman–Crippen MR) is 311 cm³/mol. The number of likely N-dealkylation sites (N-methyl/N-ethyl adjacent to an activating group) is 1. The molecular formula is C59H107N11O10. The van der Waals surface area contributed by atoms with Gasteiger partial charge in [-0.25, -0.2) is 0 Å². The first-order valence-electron chi connectivity index (χ1n) is 29.9. The van der Waals surface area contributed by atoms with E-state index in [1.807, 2.05) is 67.5 Å². The Morgan fingerprint density at radius 2 is 1.04 bits per heavy atom. The molecule has 0 aromatic rings. The van der Waals surface area contributed by atoms with Crippen molar-refractivity contribution in [2.45, 2.75) is 259 Å². The third-order valence-corrected chi connectivity index (χ3v) is 14.8. The van der Waals surface area contributed by atoms with Gasteiger partial charge < -0.3 is 57.7 Å². The largest absolute Gasteiger partial charge is 0.354 e. The van der Waals surface area contributed by atoms with E-state index >= 15 is 0 Å². The fourth-order valence-corrected chi connectivity index (χ4v) is 10.3. The minimum Gasteiger partial charge on any atom is -0.354 e. The maximum atomic E-state index is 14.4. The summed E-state index contributed by atoms with van der Waals surface area (Å²) >= 11 is 0. The molecule has 5 unspecified atom stereocenters. The number of hydrogen-bond acceptors (Lipinski definition) is 11. The highest BCUT2D eigenvalue weighted by atomic mass is 16.2. The van der Waals surface area contributed by atoms with E-state index in [0.29, 0.717) is 51.1 Å². The minimum absolute atomic E-state index is 0.0322. The summed E-state index contributed by atoms with van der Waals surface area (Å²) in [4.78, 5) is 141. The Balaban J connectivity index is 2.23. The second-order valence-electron chi connectivity index (χ2n) is 25.9. The number of hydrogen-bond donors (Lipinski definition) is 9. The van der Waals surface area contributed by atoms with Crippen LogP contribution in [0.3, 0.4) is 0 Å². The van der Waals surface area contributed by atoms with Crippen molar-refractivity contribution in [1.82, 2.24) is 57.7 Å². The third-order valence-electron chi connectivity index (χ3n) is 14.8. The predicted octanol–water partition coefficient (Wildman–Crippen LogP) is 4.25. The van der Waals surface area contributed by atoms with Gasteiger partial charge in [-0.2, -0.15) is 0 Å². The van der Waals surface area contributed by atoms with Gasteiger partial charge >= 0.3 is 0 Å². The minimum atomic E-state index is -1.62. The molecule has 1 saturated heterocycles. The molecule has 1 aliphatic carbocycles. The molecule has 458 valence electrons. The van der Waals surface area contributed by atoms with Crippen LogP contribution in [0.1, 0.15) is 206 Å². The van der Waals surface area contributed by atoms with Crippen molar-refractivity contribution in [2.75, 3.05) is 33.7 Å². The molecule has 10 amide bonds. The average molecular weight is 1130 g/mol. The van der Waals surface area contributed by atoms with Crippen LogP contribution in [-0.4, -0.2) is 155 Å². The molecule has 6 atom stereocenters. The molecule has 2 fully saturated rings. The molecule has 1 saturated carbocycles.